The maximum absolute atomic E-state index is 12.1. The molecule has 0 aliphatic carbocycles. The molecule has 0 radical (unpaired) electrons. The van der Waals surface area contributed by atoms with E-state index in [0.717, 1.165) is 13.1 Å². The van der Waals surface area contributed by atoms with Crippen LogP contribution in [-0.4, -0.2) is 52.7 Å². The Morgan fingerprint density at radius 3 is 2.71 bits per heavy atom. The Kier molecular flexibility index (Phi) is 7.08. The second-order valence-electron chi connectivity index (χ2n) is 4.49. The minimum absolute atomic E-state index is 0. The molecule has 0 aromatic heterocycles. The molecule has 1 aliphatic rings. The fourth-order valence-electron chi connectivity index (χ4n) is 1.98. The molecule has 1 saturated heterocycles. The molecule has 1 fully saturated rings. The number of benzene rings is 1. The van der Waals surface area contributed by atoms with Crippen molar-refractivity contribution in [2.24, 2.45) is 0 Å². The first-order valence-corrected chi connectivity index (χ1v) is 7.90. The van der Waals surface area contributed by atoms with Crippen LogP contribution in [-0.2, 0) is 14.8 Å². The number of rotatable bonds is 5. The van der Waals surface area contributed by atoms with E-state index in [1.807, 2.05) is 6.07 Å². The monoisotopic (exact) mass is 331 g/mol. The third-order valence-corrected chi connectivity index (χ3v) is 4.56. The molecule has 1 aliphatic heterocycles. The molecule has 0 saturated carbocycles. The zero-order chi connectivity index (χ0) is 14.4. The highest BCUT2D eigenvalue weighted by atomic mass is 35.5. The Morgan fingerprint density at radius 1 is 1.33 bits per heavy atom. The largest absolute Gasteiger partial charge is 0.379 e. The Bertz CT molecular complexity index is 595. The van der Waals surface area contributed by atoms with E-state index in [1.54, 1.807) is 12.1 Å². The standard InChI is InChI=1S/C13H17N3O3S.ClH/c14-11-12-2-1-3-13(10-12)20(17,18)15-4-5-16-6-8-19-9-7-16;/h1-3,10,15H,4-9H2;1H. The molecule has 1 heterocycles. The quantitative estimate of drug-likeness (QED) is 0.854. The van der Waals surface area contributed by atoms with E-state index in [0.29, 0.717) is 31.9 Å². The minimum atomic E-state index is -3.55. The van der Waals surface area contributed by atoms with Gasteiger partial charge in [-0.2, -0.15) is 5.26 Å². The first-order valence-electron chi connectivity index (χ1n) is 6.42. The molecule has 0 atom stereocenters. The van der Waals surface area contributed by atoms with Crippen LogP contribution in [0.5, 0.6) is 0 Å². The first kappa shape index (κ1) is 17.9. The molecule has 0 unspecified atom stereocenters. The zero-order valence-electron chi connectivity index (χ0n) is 11.5. The van der Waals surface area contributed by atoms with E-state index in [1.165, 1.54) is 12.1 Å². The molecule has 1 aromatic rings. The van der Waals surface area contributed by atoms with Crippen molar-refractivity contribution < 1.29 is 13.2 Å². The number of nitrogens with one attached hydrogen (secondary N) is 1. The molecule has 0 amide bonds. The lowest BCUT2D eigenvalue weighted by atomic mass is 10.2. The van der Waals surface area contributed by atoms with Crippen LogP contribution in [0.3, 0.4) is 0 Å². The van der Waals surface area contributed by atoms with Crippen LogP contribution in [0, 0.1) is 11.3 Å². The van der Waals surface area contributed by atoms with Crippen molar-refractivity contribution in [2.75, 3.05) is 39.4 Å². The second kappa shape index (κ2) is 8.32. The lowest BCUT2D eigenvalue weighted by Gasteiger charge is -2.26. The summed E-state index contributed by atoms with van der Waals surface area (Å²) < 4.78 is 31.9. The lowest BCUT2D eigenvalue weighted by molar-refractivity contribution is 0.0390. The highest BCUT2D eigenvalue weighted by Gasteiger charge is 2.15. The number of ether oxygens (including phenoxy) is 1. The third kappa shape index (κ3) is 5.26. The van der Waals surface area contributed by atoms with Gasteiger partial charge in [-0.05, 0) is 18.2 Å². The molecule has 0 bridgehead atoms. The Labute approximate surface area is 131 Å². The Hall–Kier alpha value is -1.17. The van der Waals surface area contributed by atoms with E-state index >= 15 is 0 Å². The normalized spacial score (nSPS) is 16.0. The van der Waals surface area contributed by atoms with E-state index in [4.69, 9.17) is 10.00 Å². The van der Waals surface area contributed by atoms with Gasteiger partial charge in [-0.15, -0.1) is 12.4 Å². The molecule has 1 N–H and O–H groups in total. The minimum Gasteiger partial charge on any atom is -0.379 e. The number of halogens is 1. The van der Waals surface area contributed by atoms with Crippen molar-refractivity contribution in [3.8, 4) is 6.07 Å². The summed E-state index contributed by atoms with van der Waals surface area (Å²) in [5.41, 5.74) is 0.334. The molecule has 0 spiro atoms. The van der Waals surface area contributed by atoms with Crippen LogP contribution in [0.4, 0.5) is 0 Å². The van der Waals surface area contributed by atoms with Crippen molar-refractivity contribution in [2.45, 2.75) is 4.90 Å². The summed E-state index contributed by atoms with van der Waals surface area (Å²) in [6.45, 7) is 4.03. The molecule has 116 valence electrons. The molecule has 8 heteroatoms. The van der Waals surface area contributed by atoms with Gasteiger partial charge in [0.25, 0.3) is 0 Å². The van der Waals surface area contributed by atoms with Gasteiger partial charge >= 0.3 is 0 Å². The summed E-state index contributed by atoms with van der Waals surface area (Å²) >= 11 is 0. The summed E-state index contributed by atoms with van der Waals surface area (Å²) in [6.07, 6.45) is 0. The van der Waals surface area contributed by atoms with Crippen LogP contribution < -0.4 is 4.72 Å². The summed E-state index contributed by atoms with van der Waals surface area (Å²) in [5.74, 6) is 0. The number of nitrogens with zero attached hydrogens (tertiary/aromatic N) is 2. The predicted molar refractivity (Wildman–Crippen MR) is 80.9 cm³/mol. The second-order valence-corrected chi connectivity index (χ2v) is 6.26. The maximum Gasteiger partial charge on any atom is 0.240 e. The third-order valence-electron chi connectivity index (χ3n) is 3.10. The van der Waals surface area contributed by atoms with E-state index in [9.17, 15) is 8.42 Å². The smallest absolute Gasteiger partial charge is 0.240 e. The van der Waals surface area contributed by atoms with Crippen LogP contribution in [0.25, 0.3) is 0 Å². The number of sulfonamides is 1. The molecule has 6 nitrogen and oxygen atoms in total. The van der Waals surface area contributed by atoms with E-state index in [-0.39, 0.29) is 17.3 Å². The molecule has 21 heavy (non-hydrogen) atoms. The summed E-state index contributed by atoms with van der Waals surface area (Å²) in [5, 5.41) is 8.79. The van der Waals surface area contributed by atoms with E-state index < -0.39 is 10.0 Å². The molecular weight excluding hydrogens is 314 g/mol. The van der Waals surface area contributed by atoms with Crippen molar-refractivity contribution in [1.82, 2.24) is 9.62 Å². The average Bonchev–Trinajstić information content (AvgIpc) is 2.48. The summed E-state index contributed by atoms with van der Waals surface area (Å²) in [4.78, 5) is 2.27. The summed E-state index contributed by atoms with van der Waals surface area (Å²) in [7, 11) is -3.55. The number of morpholine rings is 1. The van der Waals surface area contributed by atoms with Gasteiger partial charge in [0.2, 0.25) is 10.0 Å². The van der Waals surface area contributed by atoms with Crippen LogP contribution >= 0.6 is 12.4 Å². The van der Waals surface area contributed by atoms with Gasteiger partial charge in [-0.1, -0.05) is 6.07 Å². The predicted octanol–water partition coefficient (Wildman–Crippen LogP) is 0.591. The van der Waals surface area contributed by atoms with Gasteiger partial charge < -0.3 is 4.74 Å². The van der Waals surface area contributed by atoms with Crippen molar-refractivity contribution in [3.63, 3.8) is 0 Å². The van der Waals surface area contributed by atoms with Gasteiger partial charge in [0.05, 0.1) is 29.7 Å². The summed E-state index contributed by atoms with van der Waals surface area (Å²) in [6, 6.07) is 7.93. The van der Waals surface area contributed by atoms with Crippen molar-refractivity contribution in [1.29, 1.82) is 5.26 Å². The van der Waals surface area contributed by atoms with Gasteiger partial charge in [0.1, 0.15) is 0 Å². The Morgan fingerprint density at radius 2 is 2.05 bits per heavy atom. The fraction of sp³-hybridized carbons (Fsp3) is 0.462. The van der Waals surface area contributed by atoms with Crippen LogP contribution in [0.2, 0.25) is 0 Å². The zero-order valence-corrected chi connectivity index (χ0v) is 13.1. The Balaban J connectivity index is 0.00000220. The lowest BCUT2D eigenvalue weighted by Crippen LogP contribution is -2.41. The van der Waals surface area contributed by atoms with Gasteiger partial charge in [-0.3, -0.25) is 4.90 Å². The number of nitriles is 1. The van der Waals surface area contributed by atoms with Gasteiger partial charge in [-0.25, -0.2) is 13.1 Å². The number of hydrogen-bond acceptors (Lipinski definition) is 5. The van der Waals surface area contributed by atoms with Crippen LogP contribution in [0.1, 0.15) is 5.56 Å². The topological polar surface area (TPSA) is 82.4 Å². The molecule has 2 rings (SSSR count). The first-order chi connectivity index (χ1) is 9.62. The molecule has 1 aromatic carbocycles. The SMILES string of the molecule is Cl.N#Cc1cccc(S(=O)(=O)NCCN2CCOCC2)c1. The fourth-order valence-corrected chi connectivity index (χ4v) is 3.05. The highest BCUT2D eigenvalue weighted by Crippen LogP contribution is 2.10. The highest BCUT2D eigenvalue weighted by molar-refractivity contribution is 7.89. The van der Waals surface area contributed by atoms with Crippen molar-refractivity contribution >= 4 is 22.4 Å². The number of hydrogen-bond donors (Lipinski definition) is 1. The molecular formula is C13H18ClN3O3S. The maximum atomic E-state index is 12.1. The van der Waals surface area contributed by atoms with E-state index in [2.05, 4.69) is 9.62 Å². The van der Waals surface area contributed by atoms with Crippen molar-refractivity contribution in [3.05, 3.63) is 29.8 Å². The average molecular weight is 332 g/mol. The van der Waals surface area contributed by atoms with Gasteiger partial charge in [0, 0.05) is 26.2 Å². The van der Waals surface area contributed by atoms with Gasteiger partial charge in [0.15, 0.2) is 0 Å². The van der Waals surface area contributed by atoms with Crippen LogP contribution in [0.15, 0.2) is 29.2 Å².